The first-order valence-electron chi connectivity index (χ1n) is 9.97. The zero-order valence-corrected chi connectivity index (χ0v) is 17.7. The van der Waals surface area contributed by atoms with Crippen molar-refractivity contribution >= 4 is 21.7 Å². The molecule has 0 amide bonds. The lowest BCUT2D eigenvalue weighted by atomic mass is 10.0. The lowest BCUT2D eigenvalue weighted by Gasteiger charge is -2.39. The van der Waals surface area contributed by atoms with E-state index in [4.69, 9.17) is 0 Å². The molecular weight excluding hydrogens is 449 g/mol. The number of fused-ring (bicyclic) bond motifs is 1. The van der Waals surface area contributed by atoms with E-state index in [1.165, 1.54) is 28.6 Å². The SMILES string of the molecule is O=C(O)C1(S(=O)(=O)N2CCN(c3ccc(OC(F)(F)F)cc3)CC2)CCc2ccccc21. The van der Waals surface area contributed by atoms with Crippen molar-refractivity contribution in [3.63, 3.8) is 0 Å². The van der Waals surface area contributed by atoms with Gasteiger partial charge in [-0.15, -0.1) is 13.2 Å². The predicted octanol–water partition coefficient (Wildman–Crippen LogP) is 2.96. The summed E-state index contributed by atoms with van der Waals surface area (Å²) in [7, 11) is -4.21. The van der Waals surface area contributed by atoms with Crippen molar-refractivity contribution in [1.29, 1.82) is 0 Å². The fourth-order valence-electron chi connectivity index (χ4n) is 4.44. The minimum atomic E-state index is -4.78. The number of hydrogen-bond donors (Lipinski definition) is 1. The Morgan fingerprint density at radius 3 is 2.22 bits per heavy atom. The molecule has 0 bridgehead atoms. The van der Waals surface area contributed by atoms with Crippen molar-refractivity contribution in [1.82, 2.24) is 4.31 Å². The maximum atomic E-state index is 13.5. The number of carbonyl (C=O) groups is 1. The minimum Gasteiger partial charge on any atom is -0.480 e. The van der Waals surface area contributed by atoms with Crippen LogP contribution in [0.5, 0.6) is 5.75 Å². The number of rotatable bonds is 5. The molecule has 0 aromatic heterocycles. The number of aryl methyl sites for hydroxylation is 1. The van der Waals surface area contributed by atoms with E-state index >= 15 is 0 Å². The molecule has 1 aliphatic heterocycles. The number of sulfonamides is 1. The van der Waals surface area contributed by atoms with Crippen LogP contribution < -0.4 is 9.64 Å². The third kappa shape index (κ3) is 3.79. The van der Waals surface area contributed by atoms with E-state index < -0.39 is 27.1 Å². The lowest BCUT2D eigenvalue weighted by molar-refractivity contribution is -0.274. The number of aliphatic carboxylic acids is 1. The highest BCUT2D eigenvalue weighted by atomic mass is 32.2. The Morgan fingerprint density at radius 2 is 1.62 bits per heavy atom. The second-order valence-electron chi connectivity index (χ2n) is 7.72. The van der Waals surface area contributed by atoms with Gasteiger partial charge in [0, 0.05) is 31.9 Å². The van der Waals surface area contributed by atoms with Crippen LogP contribution >= 0.6 is 0 Å². The number of anilines is 1. The second kappa shape index (κ2) is 7.96. The van der Waals surface area contributed by atoms with E-state index in [9.17, 15) is 31.5 Å². The van der Waals surface area contributed by atoms with Gasteiger partial charge < -0.3 is 14.7 Å². The summed E-state index contributed by atoms with van der Waals surface area (Å²) in [5.41, 5.74) is 1.66. The molecule has 1 atom stereocenters. The average Bonchev–Trinajstić information content (AvgIpc) is 3.15. The van der Waals surface area contributed by atoms with Crippen molar-refractivity contribution < 1.29 is 36.2 Å². The molecule has 1 fully saturated rings. The minimum absolute atomic E-state index is 0.0229. The Balaban J connectivity index is 1.51. The zero-order valence-electron chi connectivity index (χ0n) is 16.9. The van der Waals surface area contributed by atoms with Gasteiger partial charge in [-0.3, -0.25) is 4.79 Å². The molecular formula is C21H21F3N2O5S. The number of nitrogens with zero attached hydrogens (tertiary/aromatic N) is 2. The van der Waals surface area contributed by atoms with Gasteiger partial charge in [-0.25, -0.2) is 8.42 Å². The van der Waals surface area contributed by atoms with Crippen molar-refractivity contribution in [2.45, 2.75) is 24.0 Å². The molecule has 4 rings (SSSR count). The first-order chi connectivity index (χ1) is 15.0. The van der Waals surface area contributed by atoms with Gasteiger partial charge in [0.25, 0.3) is 0 Å². The molecule has 172 valence electrons. The van der Waals surface area contributed by atoms with Gasteiger partial charge >= 0.3 is 12.3 Å². The van der Waals surface area contributed by atoms with E-state index in [1.54, 1.807) is 24.3 Å². The van der Waals surface area contributed by atoms with Crippen LogP contribution in [0.2, 0.25) is 0 Å². The van der Waals surface area contributed by atoms with Crippen LogP contribution in [-0.4, -0.2) is 56.3 Å². The molecule has 2 aliphatic rings. The van der Waals surface area contributed by atoms with Crippen LogP contribution in [0.4, 0.5) is 18.9 Å². The van der Waals surface area contributed by atoms with Crippen LogP contribution in [0.15, 0.2) is 48.5 Å². The molecule has 1 N–H and O–H groups in total. The fourth-order valence-corrected chi connectivity index (χ4v) is 6.59. The van der Waals surface area contributed by atoms with Crippen LogP contribution in [0.1, 0.15) is 17.5 Å². The van der Waals surface area contributed by atoms with Gasteiger partial charge in [-0.1, -0.05) is 24.3 Å². The number of carboxylic acids is 1. The number of ether oxygens (including phenoxy) is 1. The number of hydrogen-bond acceptors (Lipinski definition) is 5. The van der Waals surface area contributed by atoms with Gasteiger partial charge in [-0.05, 0) is 48.2 Å². The molecule has 0 spiro atoms. The molecule has 32 heavy (non-hydrogen) atoms. The van der Waals surface area contributed by atoms with E-state index in [-0.39, 0.29) is 38.3 Å². The van der Waals surface area contributed by atoms with E-state index in [0.29, 0.717) is 17.7 Å². The number of halogens is 3. The third-order valence-electron chi connectivity index (χ3n) is 6.00. The molecule has 1 unspecified atom stereocenters. The molecule has 11 heteroatoms. The van der Waals surface area contributed by atoms with Gasteiger partial charge in [0.15, 0.2) is 0 Å². The third-order valence-corrected chi connectivity index (χ3v) is 8.52. The fraction of sp³-hybridized carbons (Fsp3) is 0.381. The van der Waals surface area contributed by atoms with Crippen LogP contribution in [-0.2, 0) is 26.0 Å². The number of piperazine rings is 1. The maximum absolute atomic E-state index is 13.5. The molecule has 0 radical (unpaired) electrons. The molecule has 7 nitrogen and oxygen atoms in total. The summed E-state index contributed by atoms with van der Waals surface area (Å²) in [6.45, 7) is 0.687. The average molecular weight is 470 g/mol. The Morgan fingerprint density at radius 1 is 1.00 bits per heavy atom. The maximum Gasteiger partial charge on any atom is 0.573 e. The van der Waals surface area contributed by atoms with E-state index in [2.05, 4.69) is 4.74 Å². The summed E-state index contributed by atoms with van der Waals surface area (Å²) in [6.07, 6.45) is -4.43. The summed E-state index contributed by atoms with van der Waals surface area (Å²) >= 11 is 0. The highest BCUT2D eigenvalue weighted by molar-refractivity contribution is 7.90. The standard InChI is InChI=1S/C21H21F3N2O5S/c22-21(23,24)31-17-7-5-16(6-8-17)25-11-13-26(14-12-25)32(29,30)20(19(27)28)10-9-15-3-1-2-4-18(15)20/h1-8H,9-14H2,(H,27,28). The first kappa shape index (κ1) is 22.4. The van der Waals surface area contributed by atoms with Crippen LogP contribution in [0.3, 0.4) is 0 Å². The Kier molecular flexibility index (Phi) is 5.58. The van der Waals surface area contributed by atoms with Gasteiger partial charge in [0.1, 0.15) is 5.75 Å². The Hall–Kier alpha value is -2.79. The molecule has 1 heterocycles. The van der Waals surface area contributed by atoms with Crippen molar-refractivity contribution in [2.24, 2.45) is 0 Å². The topological polar surface area (TPSA) is 87.1 Å². The zero-order chi connectivity index (χ0) is 23.1. The summed E-state index contributed by atoms with van der Waals surface area (Å²) in [6, 6.07) is 12.0. The van der Waals surface area contributed by atoms with Crippen molar-refractivity contribution in [3.05, 3.63) is 59.7 Å². The summed E-state index contributed by atoms with van der Waals surface area (Å²) in [4.78, 5) is 14.1. The normalized spacial score (nSPS) is 21.9. The molecule has 1 saturated heterocycles. The van der Waals surface area contributed by atoms with Crippen molar-refractivity contribution in [2.75, 3.05) is 31.1 Å². The Bertz CT molecular complexity index is 1110. The molecule has 2 aromatic rings. The lowest BCUT2D eigenvalue weighted by Crippen LogP contribution is -2.56. The number of alkyl halides is 3. The van der Waals surface area contributed by atoms with Crippen LogP contribution in [0, 0.1) is 0 Å². The van der Waals surface area contributed by atoms with Gasteiger partial charge in [-0.2, -0.15) is 4.31 Å². The summed E-state index contributed by atoms with van der Waals surface area (Å²) in [5.74, 6) is -1.73. The highest BCUT2D eigenvalue weighted by Gasteiger charge is 2.58. The molecule has 1 aliphatic carbocycles. The van der Waals surface area contributed by atoms with Gasteiger partial charge in [0.2, 0.25) is 14.8 Å². The molecule has 0 saturated carbocycles. The summed E-state index contributed by atoms with van der Waals surface area (Å²) in [5, 5.41) is 10.0. The second-order valence-corrected chi connectivity index (χ2v) is 9.89. The van der Waals surface area contributed by atoms with Crippen molar-refractivity contribution in [3.8, 4) is 5.75 Å². The number of benzene rings is 2. The van der Waals surface area contributed by atoms with E-state index in [0.717, 1.165) is 5.56 Å². The number of carboxylic acid groups (broad SMARTS) is 1. The van der Waals surface area contributed by atoms with Crippen LogP contribution in [0.25, 0.3) is 0 Å². The largest absolute Gasteiger partial charge is 0.573 e. The highest BCUT2D eigenvalue weighted by Crippen LogP contribution is 2.45. The summed E-state index contributed by atoms with van der Waals surface area (Å²) < 4.78 is 67.1. The predicted molar refractivity (Wildman–Crippen MR) is 110 cm³/mol. The quantitative estimate of drug-likeness (QED) is 0.723. The monoisotopic (exact) mass is 470 g/mol. The van der Waals surface area contributed by atoms with Gasteiger partial charge in [0.05, 0.1) is 0 Å². The molecule has 2 aromatic carbocycles. The Labute approximate surface area is 183 Å². The van der Waals surface area contributed by atoms with E-state index in [1.807, 2.05) is 4.90 Å². The first-order valence-corrected chi connectivity index (χ1v) is 11.4. The smallest absolute Gasteiger partial charge is 0.480 e.